The second-order valence-electron chi connectivity index (χ2n) is 2.75. The lowest BCUT2D eigenvalue weighted by Gasteiger charge is -2.02. The van der Waals surface area contributed by atoms with E-state index in [4.69, 9.17) is 5.26 Å². The molecule has 0 spiro atoms. The number of hydrogen-bond donors (Lipinski definition) is 0. The molecule has 0 heterocycles. The van der Waals surface area contributed by atoms with Gasteiger partial charge in [-0.25, -0.2) is 0 Å². The van der Waals surface area contributed by atoms with Crippen molar-refractivity contribution in [1.29, 1.82) is 5.26 Å². The predicted molar refractivity (Wildman–Crippen MR) is 49.7 cm³/mol. The van der Waals surface area contributed by atoms with E-state index in [2.05, 4.69) is 12.6 Å². The zero-order valence-corrected chi connectivity index (χ0v) is 7.12. The molecule has 1 heteroatoms. The Hall–Kier alpha value is -1.55. The van der Waals surface area contributed by atoms with E-state index in [0.29, 0.717) is 0 Å². The Bertz CT molecular complexity index is 303. The topological polar surface area (TPSA) is 23.8 Å². The van der Waals surface area contributed by atoms with Crippen LogP contribution in [0.5, 0.6) is 0 Å². The summed E-state index contributed by atoms with van der Waals surface area (Å²) in [7, 11) is 0. The van der Waals surface area contributed by atoms with Gasteiger partial charge in [-0.1, -0.05) is 35.9 Å². The summed E-state index contributed by atoms with van der Waals surface area (Å²) in [5.41, 5.74) is 2.22. The molecule has 0 saturated heterocycles. The monoisotopic (exact) mass is 157 g/mol. The molecule has 0 aromatic heterocycles. The molecule has 0 saturated carbocycles. The van der Waals surface area contributed by atoms with Gasteiger partial charge in [-0.15, -0.1) is 6.58 Å². The van der Waals surface area contributed by atoms with Crippen LogP contribution >= 0.6 is 0 Å². The van der Waals surface area contributed by atoms with Crippen LogP contribution in [0.15, 0.2) is 36.9 Å². The van der Waals surface area contributed by atoms with E-state index in [9.17, 15) is 0 Å². The number of hydrogen-bond acceptors (Lipinski definition) is 1. The minimum atomic E-state index is -0.175. The Morgan fingerprint density at radius 3 is 2.42 bits per heavy atom. The molecule has 0 radical (unpaired) electrons. The van der Waals surface area contributed by atoms with Gasteiger partial charge in [0.2, 0.25) is 0 Å². The van der Waals surface area contributed by atoms with E-state index >= 15 is 0 Å². The first kappa shape index (κ1) is 8.55. The number of nitrogens with zero attached hydrogens (tertiary/aromatic N) is 1. The van der Waals surface area contributed by atoms with Crippen molar-refractivity contribution >= 4 is 0 Å². The van der Waals surface area contributed by atoms with E-state index in [0.717, 1.165) is 5.56 Å². The Balaban J connectivity index is 2.97. The van der Waals surface area contributed by atoms with Crippen molar-refractivity contribution in [3.63, 3.8) is 0 Å². The lowest BCUT2D eigenvalue weighted by Crippen LogP contribution is -1.89. The standard InChI is InChI=1S/C11H11N/c1-3-10(8-12)11-6-4-9(2)5-7-11/h3-7,10H,1H2,2H3. The van der Waals surface area contributed by atoms with Crippen molar-refractivity contribution in [1.82, 2.24) is 0 Å². The van der Waals surface area contributed by atoms with Gasteiger partial charge in [0.25, 0.3) is 0 Å². The van der Waals surface area contributed by atoms with E-state index in [1.165, 1.54) is 5.56 Å². The number of rotatable bonds is 2. The van der Waals surface area contributed by atoms with E-state index < -0.39 is 0 Å². The smallest absolute Gasteiger partial charge is 0.0891 e. The highest BCUT2D eigenvalue weighted by atomic mass is 14.3. The van der Waals surface area contributed by atoms with E-state index in [1.54, 1.807) is 6.08 Å². The summed E-state index contributed by atoms with van der Waals surface area (Å²) in [5, 5.41) is 8.73. The molecule has 0 aliphatic rings. The highest BCUT2D eigenvalue weighted by Gasteiger charge is 2.03. The van der Waals surface area contributed by atoms with Crippen molar-refractivity contribution in [2.75, 3.05) is 0 Å². The number of allylic oxidation sites excluding steroid dienone is 1. The van der Waals surface area contributed by atoms with Gasteiger partial charge in [0, 0.05) is 0 Å². The Kier molecular flexibility index (Phi) is 2.66. The van der Waals surface area contributed by atoms with Crippen molar-refractivity contribution in [3.05, 3.63) is 48.0 Å². The van der Waals surface area contributed by atoms with Gasteiger partial charge in [-0.05, 0) is 12.5 Å². The van der Waals surface area contributed by atoms with Gasteiger partial charge in [-0.3, -0.25) is 0 Å². The van der Waals surface area contributed by atoms with Crippen LogP contribution in [0.2, 0.25) is 0 Å². The average molecular weight is 157 g/mol. The fourth-order valence-electron chi connectivity index (χ4n) is 1.04. The SMILES string of the molecule is C=CC(C#N)c1ccc(C)cc1. The van der Waals surface area contributed by atoms with E-state index in [1.807, 2.05) is 31.2 Å². The van der Waals surface area contributed by atoms with Gasteiger partial charge in [0.05, 0.1) is 12.0 Å². The molecule has 60 valence electrons. The molecular weight excluding hydrogens is 146 g/mol. The molecule has 12 heavy (non-hydrogen) atoms. The molecule has 0 N–H and O–H groups in total. The van der Waals surface area contributed by atoms with Gasteiger partial charge in [-0.2, -0.15) is 5.26 Å². The molecule has 1 unspecified atom stereocenters. The highest BCUT2D eigenvalue weighted by molar-refractivity contribution is 5.31. The summed E-state index contributed by atoms with van der Waals surface area (Å²) in [6.07, 6.45) is 1.66. The maximum atomic E-state index is 8.73. The van der Waals surface area contributed by atoms with Gasteiger partial charge in [0.1, 0.15) is 0 Å². The van der Waals surface area contributed by atoms with Gasteiger partial charge in [0.15, 0.2) is 0 Å². The Labute approximate surface area is 73.0 Å². The summed E-state index contributed by atoms with van der Waals surface area (Å²) < 4.78 is 0. The lowest BCUT2D eigenvalue weighted by molar-refractivity contribution is 1.09. The zero-order valence-electron chi connectivity index (χ0n) is 7.12. The summed E-state index contributed by atoms with van der Waals surface area (Å²) >= 11 is 0. The summed E-state index contributed by atoms with van der Waals surface area (Å²) in [6, 6.07) is 10.1. The van der Waals surface area contributed by atoms with Crippen molar-refractivity contribution in [2.24, 2.45) is 0 Å². The third kappa shape index (κ3) is 1.73. The Morgan fingerprint density at radius 2 is 2.00 bits per heavy atom. The van der Waals surface area contributed by atoms with Crippen LogP contribution in [0.4, 0.5) is 0 Å². The second kappa shape index (κ2) is 3.73. The van der Waals surface area contributed by atoms with Crippen LogP contribution in [0.25, 0.3) is 0 Å². The summed E-state index contributed by atoms with van der Waals surface area (Å²) in [4.78, 5) is 0. The molecule has 0 amide bonds. The first-order chi connectivity index (χ1) is 5.77. The van der Waals surface area contributed by atoms with Crippen molar-refractivity contribution < 1.29 is 0 Å². The fourth-order valence-corrected chi connectivity index (χ4v) is 1.04. The minimum Gasteiger partial charge on any atom is -0.197 e. The van der Waals surface area contributed by atoms with Crippen LogP contribution < -0.4 is 0 Å². The molecule has 1 atom stereocenters. The maximum Gasteiger partial charge on any atom is 0.0891 e. The molecule has 0 fully saturated rings. The lowest BCUT2D eigenvalue weighted by atomic mass is 10.00. The van der Waals surface area contributed by atoms with Crippen molar-refractivity contribution in [2.45, 2.75) is 12.8 Å². The molecule has 0 aliphatic heterocycles. The second-order valence-corrected chi connectivity index (χ2v) is 2.75. The third-order valence-electron chi connectivity index (χ3n) is 1.81. The normalized spacial score (nSPS) is 11.7. The summed E-state index contributed by atoms with van der Waals surface area (Å²) in [5.74, 6) is -0.175. The first-order valence-corrected chi connectivity index (χ1v) is 3.86. The van der Waals surface area contributed by atoms with Gasteiger partial charge < -0.3 is 0 Å². The van der Waals surface area contributed by atoms with Crippen LogP contribution in [0.3, 0.4) is 0 Å². The maximum absolute atomic E-state index is 8.73. The van der Waals surface area contributed by atoms with Gasteiger partial charge >= 0.3 is 0 Å². The highest BCUT2D eigenvalue weighted by Crippen LogP contribution is 2.15. The predicted octanol–water partition coefficient (Wildman–Crippen LogP) is 2.79. The number of benzene rings is 1. The van der Waals surface area contributed by atoms with Crippen LogP contribution in [-0.4, -0.2) is 0 Å². The largest absolute Gasteiger partial charge is 0.197 e. The number of nitriles is 1. The van der Waals surface area contributed by atoms with Crippen molar-refractivity contribution in [3.8, 4) is 6.07 Å². The van der Waals surface area contributed by atoms with E-state index in [-0.39, 0.29) is 5.92 Å². The molecule has 0 bridgehead atoms. The van der Waals surface area contributed by atoms with Crippen LogP contribution in [0, 0.1) is 18.3 Å². The molecule has 1 rings (SSSR count). The van der Waals surface area contributed by atoms with Crippen LogP contribution in [0.1, 0.15) is 17.0 Å². The average Bonchev–Trinajstić information content (AvgIpc) is 2.10. The fraction of sp³-hybridized carbons (Fsp3) is 0.182. The molecule has 1 aromatic carbocycles. The molecule has 1 aromatic rings. The molecular formula is C11H11N. The summed E-state index contributed by atoms with van der Waals surface area (Å²) in [6.45, 7) is 5.64. The Morgan fingerprint density at radius 1 is 1.42 bits per heavy atom. The molecule has 1 nitrogen and oxygen atoms in total. The zero-order chi connectivity index (χ0) is 8.97. The number of aryl methyl sites for hydroxylation is 1. The quantitative estimate of drug-likeness (QED) is 0.605. The molecule has 0 aliphatic carbocycles. The third-order valence-corrected chi connectivity index (χ3v) is 1.81. The first-order valence-electron chi connectivity index (χ1n) is 3.86. The van der Waals surface area contributed by atoms with Crippen LogP contribution in [-0.2, 0) is 0 Å². The minimum absolute atomic E-state index is 0.175.